The Balaban J connectivity index is 1.77. The van der Waals surface area contributed by atoms with Crippen molar-refractivity contribution in [3.63, 3.8) is 0 Å². The molecule has 10 heteroatoms. The molecule has 2 aromatic heterocycles. The van der Waals surface area contributed by atoms with Gasteiger partial charge in [0.2, 0.25) is 5.95 Å². The van der Waals surface area contributed by atoms with E-state index >= 15 is 0 Å². The molecule has 1 saturated heterocycles. The Kier molecular flexibility index (Phi) is 7.32. The minimum atomic E-state index is -0.207. The second-order valence-corrected chi connectivity index (χ2v) is 9.72. The van der Waals surface area contributed by atoms with Crippen LogP contribution >= 0.6 is 22.9 Å². The smallest absolute Gasteiger partial charge is 0.269 e. The number of hydrogen-bond acceptors (Lipinski definition) is 7. The minimum Gasteiger partial charge on any atom is -0.378 e. The molecular weight excluding hydrogens is 508 g/mol. The lowest BCUT2D eigenvalue weighted by molar-refractivity contribution is 0.122. The fourth-order valence-electron chi connectivity index (χ4n) is 4.12. The summed E-state index contributed by atoms with van der Waals surface area (Å²) in [5.74, 6) is 0.992. The zero-order valence-corrected chi connectivity index (χ0v) is 21.5. The van der Waals surface area contributed by atoms with E-state index in [4.69, 9.17) is 16.3 Å². The number of ether oxygens (including phenoxy) is 1. The van der Waals surface area contributed by atoms with Crippen molar-refractivity contribution < 1.29 is 4.74 Å². The SMILES string of the molecule is C=CCn1c(=O)/c(=C/c2ccc(Cl)cc2)s/c1=C(/C#N)c1nnc(N2CCOCC2)n1-c1ccccc1. The highest BCUT2D eigenvalue weighted by atomic mass is 35.5. The van der Waals surface area contributed by atoms with Gasteiger partial charge >= 0.3 is 0 Å². The molecule has 0 radical (unpaired) electrons. The molecule has 3 heterocycles. The van der Waals surface area contributed by atoms with Crippen molar-refractivity contribution in [1.29, 1.82) is 5.26 Å². The molecule has 0 bridgehead atoms. The highest BCUT2D eigenvalue weighted by Crippen LogP contribution is 2.24. The number of para-hydroxylation sites is 1. The molecule has 0 unspecified atom stereocenters. The predicted octanol–water partition coefficient (Wildman–Crippen LogP) is 2.72. The third-order valence-corrected chi connectivity index (χ3v) is 7.27. The lowest BCUT2D eigenvalue weighted by Crippen LogP contribution is -2.38. The molecule has 1 aliphatic rings. The van der Waals surface area contributed by atoms with E-state index < -0.39 is 0 Å². The van der Waals surface area contributed by atoms with E-state index in [0.717, 1.165) is 11.3 Å². The van der Waals surface area contributed by atoms with Crippen molar-refractivity contribution in [3.8, 4) is 11.8 Å². The molecule has 0 amide bonds. The van der Waals surface area contributed by atoms with Gasteiger partial charge in [0.05, 0.1) is 23.4 Å². The van der Waals surface area contributed by atoms with Gasteiger partial charge in [-0.1, -0.05) is 48.0 Å². The summed E-state index contributed by atoms with van der Waals surface area (Å²) in [6.45, 7) is 6.54. The lowest BCUT2D eigenvalue weighted by Gasteiger charge is -2.28. The molecule has 8 nitrogen and oxygen atoms in total. The van der Waals surface area contributed by atoms with Crippen LogP contribution in [0.2, 0.25) is 5.02 Å². The first-order valence-electron chi connectivity index (χ1n) is 11.7. The molecular formula is C27H23ClN6O2S. The summed E-state index contributed by atoms with van der Waals surface area (Å²) in [5.41, 5.74) is 1.71. The number of morpholine rings is 1. The van der Waals surface area contributed by atoms with Gasteiger partial charge in [-0.05, 0) is 35.9 Å². The normalized spacial score (nSPS) is 14.9. The summed E-state index contributed by atoms with van der Waals surface area (Å²) in [5, 5.41) is 19.9. The van der Waals surface area contributed by atoms with Crippen molar-refractivity contribution in [2.24, 2.45) is 0 Å². The van der Waals surface area contributed by atoms with Gasteiger partial charge in [-0.2, -0.15) is 5.26 Å². The van der Waals surface area contributed by atoms with Crippen molar-refractivity contribution in [2.75, 3.05) is 31.2 Å². The van der Waals surface area contributed by atoms with Crippen molar-refractivity contribution in [1.82, 2.24) is 19.3 Å². The molecule has 0 aliphatic carbocycles. The number of halogens is 1. The highest BCUT2D eigenvalue weighted by molar-refractivity contribution is 7.07. The Labute approximate surface area is 222 Å². The molecule has 0 spiro atoms. The van der Waals surface area contributed by atoms with Gasteiger partial charge in [-0.15, -0.1) is 28.1 Å². The van der Waals surface area contributed by atoms with Crippen LogP contribution in [0.1, 0.15) is 11.4 Å². The summed E-state index contributed by atoms with van der Waals surface area (Å²) in [6, 6.07) is 19.2. The molecule has 2 aromatic carbocycles. The van der Waals surface area contributed by atoms with E-state index in [9.17, 15) is 10.1 Å². The first kappa shape index (κ1) is 24.7. The van der Waals surface area contributed by atoms with Crippen LogP contribution in [0.5, 0.6) is 0 Å². The summed E-state index contributed by atoms with van der Waals surface area (Å²) in [7, 11) is 0. The van der Waals surface area contributed by atoms with E-state index in [1.165, 1.54) is 11.3 Å². The van der Waals surface area contributed by atoms with Crippen LogP contribution in [0.3, 0.4) is 0 Å². The number of hydrogen-bond donors (Lipinski definition) is 0. The molecule has 1 fully saturated rings. The molecule has 1 aliphatic heterocycles. The quantitative estimate of drug-likeness (QED) is 0.356. The number of benzene rings is 2. The van der Waals surface area contributed by atoms with Crippen LogP contribution in [0.15, 0.2) is 72.0 Å². The molecule has 37 heavy (non-hydrogen) atoms. The van der Waals surface area contributed by atoms with Gasteiger partial charge in [0.25, 0.3) is 5.56 Å². The van der Waals surface area contributed by atoms with Crippen LogP contribution in [0.25, 0.3) is 17.3 Å². The number of allylic oxidation sites excluding steroid dienone is 1. The average Bonchev–Trinajstić information content (AvgIpc) is 3.50. The van der Waals surface area contributed by atoms with Crippen LogP contribution in [-0.2, 0) is 11.3 Å². The summed E-state index contributed by atoms with van der Waals surface area (Å²) >= 11 is 7.26. The molecule has 186 valence electrons. The predicted molar refractivity (Wildman–Crippen MR) is 146 cm³/mol. The highest BCUT2D eigenvalue weighted by Gasteiger charge is 2.25. The standard InChI is InChI=1S/C27H23ClN6O2S/c1-2-12-33-25(35)23(17-19-8-10-20(28)11-9-19)37-26(33)22(18-29)24-30-31-27(32-13-15-36-16-14-32)34(24)21-6-4-3-5-7-21/h2-11,17H,1,12-16H2/b23-17-,26-22-. The second kappa shape index (κ2) is 11.0. The van der Waals surface area contributed by atoms with Gasteiger partial charge in [0.15, 0.2) is 5.82 Å². The summed E-state index contributed by atoms with van der Waals surface area (Å²) in [4.78, 5) is 15.5. The molecule has 4 aromatic rings. The Morgan fingerprint density at radius 2 is 1.86 bits per heavy atom. The van der Waals surface area contributed by atoms with Crippen LogP contribution in [-0.4, -0.2) is 45.6 Å². The Morgan fingerprint density at radius 1 is 1.14 bits per heavy atom. The van der Waals surface area contributed by atoms with E-state index in [0.29, 0.717) is 52.3 Å². The number of nitriles is 1. The first-order valence-corrected chi connectivity index (χ1v) is 12.9. The van der Waals surface area contributed by atoms with Crippen LogP contribution < -0.4 is 19.7 Å². The third-order valence-electron chi connectivity index (χ3n) is 5.89. The monoisotopic (exact) mass is 530 g/mol. The van der Waals surface area contributed by atoms with E-state index in [2.05, 4.69) is 27.7 Å². The van der Waals surface area contributed by atoms with E-state index in [1.807, 2.05) is 47.0 Å². The maximum atomic E-state index is 13.4. The molecule has 0 atom stereocenters. The van der Waals surface area contributed by atoms with Crippen molar-refractivity contribution >= 4 is 40.5 Å². The Bertz CT molecular complexity index is 1640. The van der Waals surface area contributed by atoms with Crippen molar-refractivity contribution in [3.05, 3.63) is 103 Å². The molecule has 0 saturated carbocycles. The van der Waals surface area contributed by atoms with E-state index in [1.54, 1.807) is 28.9 Å². The van der Waals surface area contributed by atoms with Gasteiger partial charge in [0.1, 0.15) is 16.3 Å². The van der Waals surface area contributed by atoms with Gasteiger partial charge in [-0.3, -0.25) is 13.9 Å². The Hall–Kier alpha value is -3.97. The minimum absolute atomic E-state index is 0.207. The topological polar surface area (TPSA) is 89.0 Å². The van der Waals surface area contributed by atoms with Crippen molar-refractivity contribution in [2.45, 2.75) is 6.54 Å². The lowest BCUT2D eigenvalue weighted by atomic mass is 10.2. The van der Waals surface area contributed by atoms with Gasteiger partial charge in [0, 0.05) is 24.7 Å². The maximum absolute atomic E-state index is 13.4. The summed E-state index contributed by atoms with van der Waals surface area (Å²) in [6.07, 6.45) is 3.43. The van der Waals surface area contributed by atoms with Crippen LogP contribution in [0, 0.1) is 11.3 Å². The second-order valence-electron chi connectivity index (χ2n) is 8.25. The third kappa shape index (κ3) is 5.00. The largest absolute Gasteiger partial charge is 0.378 e. The van der Waals surface area contributed by atoms with Gasteiger partial charge in [-0.25, -0.2) is 0 Å². The fraction of sp³-hybridized carbons (Fsp3) is 0.185. The first-order chi connectivity index (χ1) is 18.1. The molecule has 5 rings (SSSR count). The zero-order valence-electron chi connectivity index (χ0n) is 19.9. The number of rotatable bonds is 6. The average molecular weight is 531 g/mol. The van der Waals surface area contributed by atoms with Crippen LogP contribution in [0.4, 0.5) is 5.95 Å². The number of nitrogens with zero attached hydrogens (tertiary/aromatic N) is 6. The number of aromatic nitrogens is 4. The van der Waals surface area contributed by atoms with E-state index in [-0.39, 0.29) is 17.7 Å². The summed E-state index contributed by atoms with van der Waals surface area (Å²) < 4.78 is 9.92. The fourth-order valence-corrected chi connectivity index (χ4v) is 5.36. The number of anilines is 1. The Morgan fingerprint density at radius 3 is 2.54 bits per heavy atom. The zero-order chi connectivity index (χ0) is 25.8. The molecule has 0 N–H and O–H groups in total. The van der Waals surface area contributed by atoms with Gasteiger partial charge < -0.3 is 9.64 Å². The maximum Gasteiger partial charge on any atom is 0.269 e. The number of thiazole rings is 1.